The zero-order valence-corrected chi connectivity index (χ0v) is 18.5. The van der Waals surface area contributed by atoms with Crippen molar-refractivity contribution in [3.05, 3.63) is 12.2 Å². The molecule has 3 nitrogen and oxygen atoms in total. The van der Waals surface area contributed by atoms with Crippen molar-refractivity contribution in [1.29, 1.82) is 0 Å². The molecule has 0 bridgehead atoms. The molecule has 156 valence electrons. The molecule has 8 atom stereocenters. The van der Waals surface area contributed by atoms with Crippen LogP contribution in [0.1, 0.15) is 71.6 Å². The summed E-state index contributed by atoms with van der Waals surface area (Å²) in [6, 6.07) is 0. The minimum Gasteiger partial charge on any atom is -0.385 e. The lowest BCUT2D eigenvalue weighted by Crippen LogP contribution is -2.63. The Labute approximate surface area is 174 Å². The molecule has 0 spiro atoms. The topological polar surface area (TPSA) is 49.3 Å². The van der Waals surface area contributed by atoms with Crippen molar-refractivity contribution in [3.63, 3.8) is 0 Å². The zero-order valence-electron chi connectivity index (χ0n) is 17.6. The molecular weight excluding hydrogens is 366 g/mol. The van der Waals surface area contributed by atoms with E-state index in [0.29, 0.717) is 34.0 Å². The fraction of sp³-hybridized carbons (Fsp3) is 0.875. The number of nitrogens with one attached hydrogen (secondary N) is 1. The molecule has 4 aliphatic carbocycles. The highest BCUT2D eigenvalue weighted by Crippen LogP contribution is 2.68. The lowest BCUT2D eigenvalue weighted by Gasteiger charge is -2.64. The third-order valence-corrected chi connectivity index (χ3v) is 11.5. The van der Waals surface area contributed by atoms with Crippen LogP contribution >= 0.6 is 11.8 Å². The van der Waals surface area contributed by atoms with Crippen molar-refractivity contribution >= 4 is 17.5 Å². The molecule has 2 unspecified atom stereocenters. The Morgan fingerprint density at radius 2 is 1.93 bits per heavy atom. The van der Waals surface area contributed by atoms with Crippen LogP contribution in [0.4, 0.5) is 0 Å². The maximum absolute atomic E-state index is 12.6. The van der Waals surface area contributed by atoms with E-state index in [1.54, 1.807) is 0 Å². The summed E-state index contributed by atoms with van der Waals surface area (Å²) in [5.74, 6) is 2.10. The molecule has 4 heteroatoms. The second-order valence-electron chi connectivity index (χ2n) is 11.0. The molecule has 1 saturated heterocycles. The molecule has 0 radical (unpaired) electrons. The summed E-state index contributed by atoms with van der Waals surface area (Å²) in [7, 11) is 0. The van der Waals surface area contributed by atoms with Crippen LogP contribution in [-0.2, 0) is 4.79 Å². The number of thioether (sulfide) groups is 1. The Hall–Kier alpha value is -0.320. The van der Waals surface area contributed by atoms with Gasteiger partial charge in [0.05, 0.1) is 5.60 Å². The van der Waals surface area contributed by atoms with Crippen LogP contribution in [0.3, 0.4) is 0 Å². The number of aliphatic hydroxyl groups is 1. The fourth-order valence-corrected chi connectivity index (χ4v) is 9.70. The minimum absolute atomic E-state index is 0.0645. The van der Waals surface area contributed by atoms with Gasteiger partial charge < -0.3 is 10.4 Å². The second kappa shape index (κ2) is 6.59. The standard InChI is InChI=1S/C24H37NO2S/c1-15-12-18-19-4-5-21(26)22(19,2)9-7-20(18)23(3)10-6-16(13-24(15,23)27)28-17-8-11-25-14-17/h16-20,25,27H,1,4-14H2,2-3H3/t16?,17-,18+,19+,20-,22+,23-,24?/m1/s1. The highest BCUT2D eigenvalue weighted by Gasteiger charge is 2.65. The van der Waals surface area contributed by atoms with Gasteiger partial charge in [-0.2, -0.15) is 11.8 Å². The quantitative estimate of drug-likeness (QED) is 0.673. The van der Waals surface area contributed by atoms with E-state index >= 15 is 0 Å². The Kier molecular flexibility index (Phi) is 4.62. The van der Waals surface area contributed by atoms with Crippen molar-refractivity contribution in [1.82, 2.24) is 5.32 Å². The van der Waals surface area contributed by atoms with E-state index in [2.05, 4.69) is 37.5 Å². The number of Topliss-reactive ketones (excluding diaryl/α,β-unsaturated/α-hetero) is 1. The first-order valence-corrected chi connectivity index (χ1v) is 12.5. The molecule has 5 rings (SSSR count). The van der Waals surface area contributed by atoms with Crippen LogP contribution in [-0.4, -0.2) is 40.1 Å². The maximum Gasteiger partial charge on any atom is 0.139 e. The van der Waals surface area contributed by atoms with Crippen molar-refractivity contribution in [2.45, 2.75) is 87.7 Å². The third-order valence-electron chi connectivity index (χ3n) is 9.89. The average Bonchev–Trinajstić information content (AvgIpc) is 3.26. The number of fused-ring (bicyclic) bond motifs is 5. The van der Waals surface area contributed by atoms with E-state index in [9.17, 15) is 9.90 Å². The molecule has 5 aliphatic rings. The van der Waals surface area contributed by atoms with E-state index in [1.807, 2.05) is 0 Å². The first kappa shape index (κ1) is 19.6. The summed E-state index contributed by atoms with van der Waals surface area (Å²) in [6.45, 7) is 11.3. The van der Waals surface area contributed by atoms with Crippen LogP contribution in [0, 0.1) is 28.6 Å². The molecule has 0 aromatic carbocycles. The molecule has 28 heavy (non-hydrogen) atoms. The van der Waals surface area contributed by atoms with E-state index in [-0.39, 0.29) is 10.8 Å². The lowest BCUT2D eigenvalue weighted by atomic mass is 9.43. The molecule has 1 heterocycles. The molecule has 5 fully saturated rings. The Bertz CT molecular complexity index is 688. The van der Waals surface area contributed by atoms with Crippen molar-refractivity contribution in [3.8, 4) is 0 Å². The van der Waals surface area contributed by atoms with Gasteiger partial charge in [-0.3, -0.25) is 4.79 Å². The predicted octanol–water partition coefficient (Wildman–Crippen LogP) is 4.34. The van der Waals surface area contributed by atoms with Crippen LogP contribution in [0.5, 0.6) is 0 Å². The number of carbonyl (C=O) groups excluding carboxylic acids is 1. The van der Waals surface area contributed by atoms with Crippen LogP contribution in [0.15, 0.2) is 12.2 Å². The second-order valence-corrected chi connectivity index (χ2v) is 12.6. The first-order chi connectivity index (χ1) is 13.3. The Balaban J connectivity index is 1.40. The SMILES string of the molecule is C=C1C[C@@H]2[C@@H](CC[C@]3(C)C(=O)CC[C@@H]23)[C@@]2(C)CCC(S[C@@H]3CCNC3)CC12O. The molecule has 2 N–H and O–H groups in total. The van der Waals surface area contributed by atoms with Crippen LogP contribution < -0.4 is 5.32 Å². The number of hydrogen-bond acceptors (Lipinski definition) is 4. The van der Waals surface area contributed by atoms with Gasteiger partial charge in [0.15, 0.2) is 0 Å². The zero-order chi connectivity index (χ0) is 19.7. The maximum atomic E-state index is 12.6. The summed E-state index contributed by atoms with van der Waals surface area (Å²) in [4.78, 5) is 12.6. The fourth-order valence-electron chi connectivity index (χ4n) is 8.09. The van der Waals surface area contributed by atoms with Gasteiger partial charge in [-0.25, -0.2) is 0 Å². The van der Waals surface area contributed by atoms with Gasteiger partial charge in [-0.15, -0.1) is 0 Å². The summed E-state index contributed by atoms with van der Waals surface area (Å²) in [5.41, 5.74) is 0.197. The van der Waals surface area contributed by atoms with Crippen molar-refractivity contribution in [2.24, 2.45) is 28.6 Å². The molecule has 1 aliphatic heterocycles. The first-order valence-electron chi connectivity index (χ1n) is 11.6. The average molecular weight is 404 g/mol. The highest BCUT2D eigenvalue weighted by molar-refractivity contribution is 8.00. The van der Waals surface area contributed by atoms with Gasteiger partial charge in [0, 0.05) is 34.3 Å². The number of rotatable bonds is 2. The van der Waals surface area contributed by atoms with Gasteiger partial charge in [-0.05, 0) is 81.2 Å². The molecule has 0 aromatic rings. The van der Waals surface area contributed by atoms with E-state index in [0.717, 1.165) is 63.6 Å². The summed E-state index contributed by atoms with van der Waals surface area (Å²) < 4.78 is 0. The minimum atomic E-state index is -0.716. The van der Waals surface area contributed by atoms with Gasteiger partial charge in [0.2, 0.25) is 0 Å². The third kappa shape index (κ3) is 2.59. The Morgan fingerprint density at radius 3 is 2.68 bits per heavy atom. The lowest BCUT2D eigenvalue weighted by molar-refractivity contribution is -0.172. The number of hydrogen-bond donors (Lipinski definition) is 2. The molecular formula is C24H37NO2S. The largest absolute Gasteiger partial charge is 0.385 e. The highest BCUT2D eigenvalue weighted by atomic mass is 32.2. The van der Waals surface area contributed by atoms with Gasteiger partial charge in [0.25, 0.3) is 0 Å². The smallest absolute Gasteiger partial charge is 0.139 e. The van der Waals surface area contributed by atoms with Crippen molar-refractivity contribution < 1.29 is 9.90 Å². The molecule has 4 saturated carbocycles. The van der Waals surface area contributed by atoms with Crippen LogP contribution in [0.2, 0.25) is 0 Å². The van der Waals surface area contributed by atoms with E-state index in [4.69, 9.17) is 0 Å². The van der Waals surface area contributed by atoms with E-state index < -0.39 is 5.60 Å². The van der Waals surface area contributed by atoms with Gasteiger partial charge in [0.1, 0.15) is 5.78 Å². The summed E-state index contributed by atoms with van der Waals surface area (Å²) in [6.07, 6.45) is 9.38. The van der Waals surface area contributed by atoms with Gasteiger partial charge >= 0.3 is 0 Å². The van der Waals surface area contributed by atoms with Gasteiger partial charge in [-0.1, -0.05) is 20.4 Å². The molecule has 0 amide bonds. The van der Waals surface area contributed by atoms with Crippen molar-refractivity contribution in [2.75, 3.05) is 13.1 Å². The molecule has 0 aromatic heterocycles. The van der Waals surface area contributed by atoms with E-state index in [1.165, 1.54) is 12.8 Å². The number of carbonyl (C=O) groups is 1. The summed E-state index contributed by atoms with van der Waals surface area (Å²) >= 11 is 2.12. The summed E-state index contributed by atoms with van der Waals surface area (Å²) in [5, 5.41) is 16.8. The Morgan fingerprint density at radius 1 is 1.11 bits per heavy atom. The monoisotopic (exact) mass is 403 g/mol. The number of ketones is 1. The normalized spacial score (nSPS) is 53.6. The van der Waals surface area contributed by atoms with Crippen LogP contribution in [0.25, 0.3) is 0 Å². The predicted molar refractivity (Wildman–Crippen MR) is 115 cm³/mol.